The SMILES string of the molecule is COc1ccnc(N2CCN[C@H](C)C2)n1. The molecule has 1 saturated heterocycles. The van der Waals surface area contributed by atoms with Crippen LogP contribution in [0.2, 0.25) is 0 Å². The quantitative estimate of drug-likeness (QED) is 0.756. The van der Waals surface area contributed by atoms with Crippen LogP contribution in [-0.2, 0) is 0 Å². The van der Waals surface area contributed by atoms with Crippen molar-refractivity contribution in [1.82, 2.24) is 15.3 Å². The Morgan fingerprint density at radius 3 is 3.20 bits per heavy atom. The van der Waals surface area contributed by atoms with Gasteiger partial charge in [0.15, 0.2) is 0 Å². The molecule has 2 heterocycles. The van der Waals surface area contributed by atoms with Gasteiger partial charge in [0.1, 0.15) is 0 Å². The molecular formula is C10H16N4O. The molecule has 0 aromatic carbocycles. The summed E-state index contributed by atoms with van der Waals surface area (Å²) in [5.41, 5.74) is 0. The Morgan fingerprint density at radius 2 is 2.47 bits per heavy atom. The number of hydrogen-bond donors (Lipinski definition) is 1. The van der Waals surface area contributed by atoms with Crippen molar-refractivity contribution in [1.29, 1.82) is 0 Å². The molecule has 5 heteroatoms. The predicted molar refractivity (Wildman–Crippen MR) is 58.3 cm³/mol. The lowest BCUT2D eigenvalue weighted by molar-refractivity contribution is 0.395. The van der Waals surface area contributed by atoms with E-state index in [9.17, 15) is 0 Å². The van der Waals surface area contributed by atoms with E-state index in [0.29, 0.717) is 11.9 Å². The molecular weight excluding hydrogens is 192 g/mol. The third-order valence-corrected chi connectivity index (χ3v) is 2.48. The highest BCUT2D eigenvalue weighted by molar-refractivity contribution is 5.33. The summed E-state index contributed by atoms with van der Waals surface area (Å²) in [5, 5.41) is 3.38. The van der Waals surface area contributed by atoms with E-state index in [1.807, 2.05) is 0 Å². The van der Waals surface area contributed by atoms with Crippen LogP contribution in [0.15, 0.2) is 12.3 Å². The third-order valence-electron chi connectivity index (χ3n) is 2.48. The van der Waals surface area contributed by atoms with E-state index in [1.54, 1.807) is 19.4 Å². The van der Waals surface area contributed by atoms with E-state index in [2.05, 4.69) is 27.1 Å². The van der Waals surface area contributed by atoms with Crippen molar-refractivity contribution in [3.05, 3.63) is 12.3 Å². The van der Waals surface area contributed by atoms with Gasteiger partial charge in [-0.1, -0.05) is 0 Å². The highest BCUT2D eigenvalue weighted by Gasteiger charge is 2.17. The fraction of sp³-hybridized carbons (Fsp3) is 0.600. The van der Waals surface area contributed by atoms with E-state index < -0.39 is 0 Å². The molecule has 15 heavy (non-hydrogen) atoms. The van der Waals surface area contributed by atoms with Gasteiger partial charge in [0.2, 0.25) is 11.8 Å². The van der Waals surface area contributed by atoms with Crippen LogP contribution >= 0.6 is 0 Å². The van der Waals surface area contributed by atoms with Crippen LogP contribution in [0.4, 0.5) is 5.95 Å². The predicted octanol–water partition coefficient (Wildman–Crippen LogP) is 0.283. The molecule has 0 amide bonds. The number of ether oxygens (including phenoxy) is 1. The van der Waals surface area contributed by atoms with E-state index in [0.717, 1.165) is 25.6 Å². The van der Waals surface area contributed by atoms with Gasteiger partial charge in [-0.25, -0.2) is 4.98 Å². The number of nitrogens with one attached hydrogen (secondary N) is 1. The zero-order chi connectivity index (χ0) is 10.7. The molecule has 0 saturated carbocycles. The second kappa shape index (κ2) is 4.44. The van der Waals surface area contributed by atoms with Crippen molar-refractivity contribution < 1.29 is 4.74 Å². The Morgan fingerprint density at radius 1 is 1.60 bits per heavy atom. The van der Waals surface area contributed by atoms with Gasteiger partial charge < -0.3 is 15.0 Å². The molecule has 0 bridgehead atoms. The standard InChI is InChI=1S/C10H16N4O/c1-8-7-14(6-5-11-8)10-12-4-3-9(13-10)15-2/h3-4,8,11H,5-7H2,1-2H3/t8-/m1/s1. The lowest BCUT2D eigenvalue weighted by Gasteiger charge is -2.31. The number of rotatable bonds is 2. The maximum absolute atomic E-state index is 5.08. The van der Waals surface area contributed by atoms with Crippen molar-refractivity contribution >= 4 is 5.95 Å². The summed E-state index contributed by atoms with van der Waals surface area (Å²) in [7, 11) is 1.62. The van der Waals surface area contributed by atoms with Gasteiger partial charge in [0.25, 0.3) is 0 Å². The number of hydrogen-bond acceptors (Lipinski definition) is 5. The molecule has 0 radical (unpaired) electrons. The van der Waals surface area contributed by atoms with Crippen LogP contribution in [0.25, 0.3) is 0 Å². The van der Waals surface area contributed by atoms with E-state index in [4.69, 9.17) is 4.74 Å². The summed E-state index contributed by atoms with van der Waals surface area (Å²) in [5.74, 6) is 1.37. The molecule has 1 atom stereocenters. The van der Waals surface area contributed by atoms with Crippen molar-refractivity contribution in [2.24, 2.45) is 0 Å². The van der Waals surface area contributed by atoms with Gasteiger partial charge in [-0.05, 0) is 6.92 Å². The van der Waals surface area contributed by atoms with Crippen molar-refractivity contribution in [3.8, 4) is 5.88 Å². The molecule has 0 spiro atoms. The van der Waals surface area contributed by atoms with Gasteiger partial charge in [0, 0.05) is 37.9 Å². The van der Waals surface area contributed by atoms with Gasteiger partial charge in [0.05, 0.1) is 7.11 Å². The first-order chi connectivity index (χ1) is 7.29. The van der Waals surface area contributed by atoms with Gasteiger partial charge in [-0.3, -0.25) is 0 Å². The Balaban J connectivity index is 2.13. The smallest absolute Gasteiger partial charge is 0.228 e. The first-order valence-corrected chi connectivity index (χ1v) is 5.15. The Hall–Kier alpha value is -1.36. The first kappa shape index (κ1) is 10.2. The minimum absolute atomic E-state index is 0.480. The topological polar surface area (TPSA) is 50.3 Å². The van der Waals surface area contributed by atoms with Crippen molar-refractivity contribution in [3.63, 3.8) is 0 Å². The molecule has 5 nitrogen and oxygen atoms in total. The lowest BCUT2D eigenvalue weighted by atomic mass is 10.2. The molecule has 1 aromatic heterocycles. The van der Waals surface area contributed by atoms with Crippen molar-refractivity contribution in [2.45, 2.75) is 13.0 Å². The fourth-order valence-corrected chi connectivity index (χ4v) is 1.71. The molecule has 82 valence electrons. The minimum atomic E-state index is 0.480. The van der Waals surface area contributed by atoms with E-state index in [1.165, 1.54) is 0 Å². The number of piperazine rings is 1. The summed E-state index contributed by atoms with van der Waals surface area (Å²) in [6, 6.07) is 2.24. The number of anilines is 1. The van der Waals surface area contributed by atoms with E-state index in [-0.39, 0.29) is 0 Å². The normalized spacial score (nSPS) is 21.5. The van der Waals surface area contributed by atoms with E-state index >= 15 is 0 Å². The average Bonchev–Trinajstić information content (AvgIpc) is 2.29. The summed E-state index contributed by atoms with van der Waals surface area (Å²) in [4.78, 5) is 10.7. The lowest BCUT2D eigenvalue weighted by Crippen LogP contribution is -2.49. The molecule has 1 aliphatic rings. The summed E-state index contributed by atoms with van der Waals surface area (Å²) in [6.07, 6.45) is 1.73. The van der Waals surface area contributed by atoms with Crippen LogP contribution in [0, 0.1) is 0 Å². The number of aromatic nitrogens is 2. The molecule has 1 fully saturated rings. The fourth-order valence-electron chi connectivity index (χ4n) is 1.71. The Labute approximate surface area is 89.5 Å². The summed E-state index contributed by atoms with van der Waals surface area (Å²) in [6.45, 7) is 5.01. The highest BCUT2D eigenvalue weighted by Crippen LogP contribution is 2.13. The number of nitrogens with zero attached hydrogens (tertiary/aromatic N) is 3. The molecule has 2 rings (SSSR count). The maximum Gasteiger partial charge on any atom is 0.228 e. The maximum atomic E-state index is 5.08. The van der Waals surface area contributed by atoms with Gasteiger partial charge in [-0.15, -0.1) is 0 Å². The first-order valence-electron chi connectivity index (χ1n) is 5.15. The van der Waals surface area contributed by atoms with Crippen LogP contribution in [0.1, 0.15) is 6.92 Å². The van der Waals surface area contributed by atoms with Crippen LogP contribution in [0.3, 0.4) is 0 Å². The highest BCUT2D eigenvalue weighted by atomic mass is 16.5. The number of methoxy groups -OCH3 is 1. The van der Waals surface area contributed by atoms with Gasteiger partial charge >= 0.3 is 0 Å². The van der Waals surface area contributed by atoms with Crippen LogP contribution < -0.4 is 15.0 Å². The average molecular weight is 208 g/mol. The van der Waals surface area contributed by atoms with Crippen molar-refractivity contribution in [2.75, 3.05) is 31.6 Å². The van der Waals surface area contributed by atoms with Gasteiger partial charge in [-0.2, -0.15) is 4.98 Å². The Bertz CT molecular complexity index is 331. The monoisotopic (exact) mass is 208 g/mol. The van der Waals surface area contributed by atoms with Crippen LogP contribution in [-0.4, -0.2) is 42.8 Å². The zero-order valence-corrected chi connectivity index (χ0v) is 9.10. The molecule has 0 unspecified atom stereocenters. The summed E-state index contributed by atoms with van der Waals surface area (Å²) >= 11 is 0. The third kappa shape index (κ3) is 2.36. The summed E-state index contributed by atoms with van der Waals surface area (Å²) < 4.78 is 5.08. The van der Waals surface area contributed by atoms with Crippen LogP contribution in [0.5, 0.6) is 5.88 Å². The second-order valence-corrected chi connectivity index (χ2v) is 3.70. The second-order valence-electron chi connectivity index (χ2n) is 3.70. The molecule has 1 aromatic rings. The molecule has 0 aliphatic carbocycles. The largest absolute Gasteiger partial charge is 0.481 e. The molecule has 1 N–H and O–H groups in total. The molecule has 1 aliphatic heterocycles. The minimum Gasteiger partial charge on any atom is -0.481 e. The zero-order valence-electron chi connectivity index (χ0n) is 9.10. The Kier molecular flexibility index (Phi) is 3.01.